The fourth-order valence-electron chi connectivity index (χ4n) is 2.58. The summed E-state index contributed by atoms with van der Waals surface area (Å²) in [5.74, 6) is 0.982. The van der Waals surface area contributed by atoms with Crippen molar-refractivity contribution >= 4 is 16.6 Å². The quantitative estimate of drug-likeness (QED) is 0.847. The molecule has 2 N–H and O–H groups in total. The lowest BCUT2D eigenvalue weighted by molar-refractivity contribution is 0.670. The number of hydrogen-bond donors (Lipinski definition) is 1. The molecule has 2 aromatic rings. The minimum absolute atomic E-state index is 0.412. The molecule has 0 aliphatic carbocycles. The fraction of sp³-hybridized carbons (Fsp3) is 0.385. The van der Waals surface area contributed by atoms with Gasteiger partial charge in [0.15, 0.2) is 5.82 Å². The van der Waals surface area contributed by atoms with Crippen LogP contribution in [0.4, 0.5) is 5.82 Å². The smallest absolute Gasteiger partial charge is 0.159 e. The lowest BCUT2D eigenvalue weighted by atomic mass is 10.1. The van der Waals surface area contributed by atoms with Crippen LogP contribution in [0.5, 0.6) is 0 Å². The maximum absolute atomic E-state index is 5.82. The molecule has 4 nitrogen and oxygen atoms in total. The van der Waals surface area contributed by atoms with Crippen LogP contribution < -0.4 is 10.6 Å². The zero-order chi connectivity index (χ0) is 11.7. The Kier molecular flexibility index (Phi) is 2.65. The van der Waals surface area contributed by atoms with Gasteiger partial charge < -0.3 is 10.6 Å². The molecule has 3 rings (SSSR count). The first kappa shape index (κ1) is 10.5. The molecular formula is C13H16N4. The lowest BCUT2D eigenvalue weighted by Crippen LogP contribution is -2.36. The highest BCUT2D eigenvalue weighted by Crippen LogP contribution is 2.28. The highest BCUT2D eigenvalue weighted by molar-refractivity contribution is 5.91. The SMILES string of the molecule is NCC1CCCN1c1nncc2ccccc12. The number of nitrogens with zero attached hydrogens (tertiary/aromatic N) is 3. The van der Waals surface area contributed by atoms with Gasteiger partial charge in [-0.3, -0.25) is 0 Å². The summed E-state index contributed by atoms with van der Waals surface area (Å²) >= 11 is 0. The highest BCUT2D eigenvalue weighted by Gasteiger charge is 2.25. The molecule has 0 spiro atoms. The summed E-state index contributed by atoms with van der Waals surface area (Å²) in [5, 5.41) is 10.7. The Morgan fingerprint density at radius 1 is 1.35 bits per heavy atom. The third-order valence-corrected chi connectivity index (χ3v) is 3.47. The number of aromatic nitrogens is 2. The van der Waals surface area contributed by atoms with Crippen molar-refractivity contribution < 1.29 is 0 Å². The van der Waals surface area contributed by atoms with Crippen molar-refractivity contribution in [1.82, 2.24) is 10.2 Å². The van der Waals surface area contributed by atoms with Gasteiger partial charge in [0.25, 0.3) is 0 Å². The van der Waals surface area contributed by atoms with Gasteiger partial charge in [0.2, 0.25) is 0 Å². The Morgan fingerprint density at radius 3 is 3.12 bits per heavy atom. The van der Waals surface area contributed by atoms with Crippen molar-refractivity contribution in [3.63, 3.8) is 0 Å². The van der Waals surface area contributed by atoms with Crippen LogP contribution in [0, 0.1) is 0 Å². The maximum Gasteiger partial charge on any atom is 0.159 e. The Bertz CT molecular complexity index is 520. The van der Waals surface area contributed by atoms with Gasteiger partial charge in [0, 0.05) is 29.9 Å². The Morgan fingerprint density at radius 2 is 2.24 bits per heavy atom. The van der Waals surface area contributed by atoms with Crippen LogP contribution >= 0.6 is 0 Å². The molecule has 1 aliphatic heterocycles. The molecule has 1 atom stereocenters. The summed E-state index contributed by atoms with van der Waals surface area (Å²) in [6.45, 7) is 1.72. The van der Waals surface area contributed by atoms with E-state index in [1.165, 1.54) is 11.8 Å². The van der Waals surface area contributed by atoms with E-state index in [4.69, 9.17) is 5.73 Å². The summed E-state index contributed by atoms with van der Waals surface area (Å²) < 4.78 is 0. The highest BCUT2D eigenvalue weighted by atomic mass is 15.3. The van der Waals surface area contributed by atoms with Gasteiger partial charge in [-0.25, -0.2) is 0 Å². The molecule has 17 heavy (non-hydrogen) atoms. The first-order chi connectivity index (χ1) is 8.40. The summed E-state index contributed by atoms with van der Waals surface area (Å²) in [6.07, 6.45) is 4.15. The number of hydrogen-bond acceptors (Lipinski definition) is 4. The van der Waals surface area contributed by atoms with E-state index in [2.05, 4.69) is 27.2 Å². The van der Waals surface area contributed by atoms with Gasteiger partial charge in [-0.05, 0) is 12.8 Å². The van der Waals surface area contributed by atoms with Crippen molar-refractivity contribution in [1.29, 1.82) is 0 Å². The monoisotopic (exact) mass is 228 g/mol. The molecule has 1 saturated heterocycles. The zero-order valence-corrected chi connectivity index (χ0v) is 9.71. The van der Waals surface area contributed by atoms with Gasteiger partial charge in [-0.1, -0.05) is 24.3 Å². The Labute approximate surface area is 100 Å². The van der Waals surface area contributed by atoms with Crippen LogP contribution in [0.25, 0.3) is 10.8 Å². The lowest BCUT2D eigenvalue weighted by Gasteiger charge is -2.25. The van der Waals surface area contributed by atoms with Gasteiger partial charge in [-0.15, -0.1) is 5.10 Å². The van der Waals surface area contributed by atoms with Crippen molar-refractivity contribution in [3.05, 3.63) is 30.5 Å². The van der Waals surface area contributed by atoms with E-state index in [0.29, 0.717) is 12.6 Å². The molecule has 0 amide bonds. The van der Waals surface area contributed by atoms with E-state index in [9.17, 15) is 0 Å². The molecule has 2 heterocycles. The van der Waals surface area contributed by atoms with Gasteiger partial charge in [0.1, 0.15) is 0 Å². The zero-order valence-electron chi connectivity index (χ0n) is 9.71. The van der Waals surface area contributed by atoms with Crippen molar-refractivity contribution in [2.75, 3.05) is 18.0 Å². The molecular weight excluding hydrogens is 212 g/mol. The molecule has 4 heteroatoms. The van der Waals surface area contributed by atoms with Crippen molar-refractivity contribution in [3.8, 4) is 0 Å². The van der Waals surface area contributed by atoms with E-state index >= 15 is 0 Å². The van der Waals surface area contributed by atoms with Crippen LogP contribution in [0.2, 0.25) is 0 Å². The van der Waals surface area contributed by atoms with Gasteiger partial charge >= 0.3 is 0 Å². The van der Waals surface area contributed by atoms with Crippen molar-refractivity contribution in [2.45, 2.75) is 18.9 Å². The van der Waals surface area contributed by atoms with E-state index in [0.717, 1.165) is 24.2 Å². The number of fused-ring (bicyclic) bond motifs is 1. The number of anilines is 1. The topological polar surface area (TPSA) is 55.0 Å². The van der Waals surface area contributed by atoms with Crippen LogP contribution in [0.3, 0.4) is 0 Å². The minimum atomic E-state index is 0.412. The summed E-state index contributed by atoms with van der Waals surface area (Å²) in [7, 11) is 0. The van der Waals surface area contributed by atoms with Gasteiger partial charge in [0.05, 0.1) is 6.20 Å². The van der Waals surface area contributed by atoms with Crippen LogP contribution in [-0.2, 0) is 0 Å². The molecule has 1 aromatic heterocycles. The molecule has 1 aliphatic rings. The molecule has 1 unspecified atom stereocenters. The largest absolute Gasteiger partial charge is 0.350 e. The van der Waals surface area contributed by atoms with Gasteiger partial charge in [-0.2, -0.15) is 5.10 Å². The standard InChI is InChI=1S/C13H16N4/c14-8-11-5-3-7-17(11)13-12-6-2-1-4-10(12)9-15-16-13/h1-2,4,6,9,11H,3,5,7-8,14H2. The van der Waals surface area contributed by atoms with Crippen LogP contribution in [0.15, 0.2) is 30.5 Å². The van der Waals surface area contributed by atoms with E-state index < -0.39 is 0 Å². The van der Waals surface area contributed by atoms with E-state index in [-0.39, 0.29) is 0 Å². The summed E-state index contributed by atoms with van der Waals surface area (Å²) in [6, 6.07) is 8.65. The third kappa shape index (κ3) is 1.74. The molecule has 1 aromatic carbocycles. The first-order valence-electron chi connectivity index (χ1n) is 6.07. The second-order valence-electron chi connectivity index (χ2n) is 4.48. The number of benzene rings is 1. The Balaban J connectivity index is 2.10. The Hall–Kier alpha value is -1.68. The second-order valence-corrected chi connectivity index (χ2v) is 4.48. The van der Waals surface area contributed by atoms with Crippen LogP contribution in [-0.4, -0.2) is 29.3 Å². The van der Waals surface area contributed by atoms with Crippen molar-refractivity contribution in [2.24, 2.45) is 5.73 Å². The first-order valence-corrected chi connectivity index (χ1v) is 6.07. The van der Waals surface area contributed by atoms with E-state index in [1.54, 1.807) is 0 Å². The van der Waals surface area contributed by atoms with E-state index in [1.807, 2.05) is 18.3 Å². The average molecular weight is 228 g/mol. The average Bonchev–Trinajstić information content (AvgIpc) is 2.86. The maximum atomic E-state index is 5.82. The third-order valence-electron chi connectivity index (χ3n) is 3.47. The summed E-state index contributed by atoms with van der Waals surface area (Å²) in [5.41, 5.74) is 5.82. The number of nitrogens with two attached hydrogens (primary N) is 1. The molecule has 0 saturated carbocycles. The minimum Gasteiger partial charge on any atom is -0.350 e. The molecule has 1 fully saturated rings. The molecule has 0 bridgehead atoms. The predicted octanol–water partition coefficient (Wildman–Crippen LogP) is 1.56. The second kappa shape index (κ2) is 4.30. The summed E-state index contributed by atoms with van der Waals surface area (Å²) in [4.78, 5) is 2.30. The normalized spacial score (nSPS) is 20.1. The number of rotatable bonds is 2. The molecule has 0 radical (unpaired) electrons. The molecule has 88 valence electrons. The predicted molar refractivity (Wildman–Crippen MR) is 69.0 cm³/mol. The van der Waals surface area contributed by atoms with Crippen LogP contribution in [0.1, 0.15) is 12.8 Å². The fourth-order valence-corrected chi connectivity index (χ4v) is 2.58.